The number of carbonyl (C=O) groups is 5. The van der Waals surface area contributed by atoms with E-state index in [4.69, 9.17) is 19.9 Å². The van der Waals surface area contributed by atoms with E-state index in [1.54, 1.807) is 19.9 Å². The first-order chi connectivity index (χ1) is 21.5. The first kappa shape index (κ1) is 45.4. The maximum Gasteiger partial charge on any atom is 0.315 e. The molecule has 10 nitrogen and oxygen atoms in total. The molecule has 0 aliphatic carbocycles. The van der Waals surface area contributed by atoms with Crippen molar-refractivity contribution in [1.82, 2.24) is 4.90 Å². The molecule has 0 fully saturated rings. The predicted molar refractivity (Wildman–Crippen MR) is 190 cm³/mol. The molecule has 0 bridgehead atoms. The van der Waals surface area contributed by atoms with Crippen molar-refractivity contribution in [3.8, 4) is 0 Å². The van der Waals surface area contributed by atoms with Crippen molar-refractivity contribution < 1.29 is 38.2 Å². The molecule has 0 aromatic carbocycles. The molecule has 0 amide bonds. The van der Waals surface area contributed by atoms with Gasteiger partial charge in [0.05, 0.1) is 0 Å². The lowest BCUT2D eigenvalue weighted by Gasteiger charge is -2.39. The molecule has 0 rings (SSSR count). The average Bonchev–Trinajstić information content (AvgIpc) is 2.82. The van der Waals surface area contributed by atoms with Crippen molar-refractivity contribution in [3.63, 3.8) is 0 Å². The summed E-state index contributed by atoms with van der Waals surface area (Å²) in [5.41, 5.74) is 1.59. The van der Waals surface area contributed by atoms with Gasteiger partial charge in [0, 0.05) is 22.7 Å². The maximum absolute atomic E-state index is 13.0. The normalized spacial score (nSPS) is 15.1. The Labute approximate surface area is 291 Å². The van der Waals surface area contributed by atoms with E-state index < -0.39 is 58.0 Å². The molecule has 2 unspecified atom stereocenters. The van der Waals surface area contributed by atoms with E-state index in [1.165, 1.54) is 13.0 Å². The Morgan fingerprint density at radius 2 is 1.15 bits per heavy atom. The van der Waals surface area contributed by atoms with Gasteiger partial charge in [0.1, 0.15) is 36.1 Å². The van der Waals surface area contributed by atoms with Gasteiger partial charge in [-0.25, -0.2) is 0 Å². The number of hydrogen-bond donors (Lipinski definition) is 1. The fraction of sp³-hybridized carbons (Fsp3) is 0.816. The Balaban J connectivity index is 5.96. The zero-order valence-electron chi connectivity index (χ0n) is 32.8. The number of hydrogen-bond acceptors (Lipinski definition) is 10. The molecule has 10 heteroatoms. The summed E-state index contributed by atoms with van der Waals surface area (Å²) < 4.78 is 17.3. The van der Waals surface area contributed by atoms with E-state index in [2.05, 4.69) is 0 Å². The quantitative estimate of drug-likeness (QED) is 0.0426. The Morgan fingerprint density at radius 1 is 0.708 bits per heavy atom. The second kappa shape index (κ2) is 18.4. The highest BCUT2D eigenvalue weighted by atomic mass is 16.6. The smallest absolute Gasteiger partial charge is 0.315 e. The lowest BCUT2D eigenvalue weighted by atomic mass is 9.76. The molecule has 0 aromatic heterocycles. The number of nitrogens with zero attached hydrogens (tertiary/aromatic N) is 1. The SMILES string of the molecule is CC(C)CC(C)(C)C(=O)CC(=O)OC(C)(N)/C=C/C(OC(=O)CCCN(C)C)C(C)(C)CC(C)(C)OC(=O)CC(=O)C(C)(C)CC(C)C. The highest BCUT2D eigenvalue weighted by molar-refractivity contribution is 5.99. The molecule has 2 N–H and O–H groups in total. The van der Waals surface area contributed by atoms with Gasteiger partial charge in [-0.2, -0.15) is 0 Å². The van der Waals surface area contributed by atoms with Crippen LogP contribution in [0.25, 0.3) is 0 Å². The maximum atomic E-state index is 13.0. The Morgan fingerprint density at radius 3 is 1.56 bits per heavy atom. The van der Waals surface area contributed by atoms with Crippen molar-refractivity contribution >= 4 is 29.5 Å². The highest BCUT2D eigenvalue weighted by Crippen LogP contribution is 2.37. The fourth-order valence-electron chi connectivity index (χ4n) is 6.38. The molecule has 0 radical (unpaired) electrons. The number of ether oxygens (including phenoxy) is 3. The molecule has 0 spiro atoms. The minimum Gasteiger partial charge on any atom is -0.459 e. The van der Waals surface area contributed by atoms with Crippen LogP contribution in [-0.4, -0.2) is 72.4 Å². The molecule has 2 atom stereocenters. The molecule has 0 aromatic rings. The number of esters is 3. The largest absolute Gasteiger partial charge is 0.459 e. The van der Waals surface area contributed by atoms with Gasteiger partial charge in [-0.05, 0) is 91.1 Å². The monoisotopic (exact) mass is 680 g/mol. The lowest BCUT2D eigenvalue weighted by Crippen LogP contribution is -2.43. The second-order valence-corrected chi connectivity index (χ2v) is 17.4. The van der Waals surface area contributed by atoms with Crippen LogP contribution < -0.4 is 5.73 Å². The van der Waals surface area contributed by atoms with Gasteiger partial charge in [0.15, 0.2) is 5.72 Å². The minimum absolute atomic E-state index is 0.175. The van der Waals surface area contributed by atoms with Crippen molar-refractivity contribution in [2.45, 2.75) is 152 Å². The number of Topliss-reactive ketones (excluding diaryl/α,β-unsaturated/α-hetero) is 2. The molecule has 48 heavy (non-hydrogen) atoms. The zero-order chi connectivity index (χ0) is 37.9. The van der Waals surface area contributed by atoms with Crippen LogP contribution in [0.2, 0.25) is 0 Å². The summed E-state index contributed by atoms with van der Waals surface area (Å²) in [6, 6.07) is 0. The Hall–Kier alpha value is -2.59. The summed E-state index contributed by atoms with van der Waals surface area (Å²) in [6.45, 7) is 24.9. The van der Waals surface area contributed by atoms with Crippen LogP contribution in [0.1, 0.15) is 135 Å². The highest BCUT2D eigenvalue weighted by Gasteiger charge is 2.40. The van der Waals surface area contributed by atoms with Gasteiger partial charge >= 0.3 is 17.9 Å². The van der Waals surface area contributed by atoms with Gasteiger partial charge in [0.2, 0.25) is 0 Å². The Kier molecular flexibility index (Phi) is 17.4. The van der Waals surface area contributed by atoms with Gasteiger partial charge < -0.3 is 19.1 Å². The van der Waals surface area contributed by atoms with E-state index in [-0.39, 0.29) is 36.7 Å². The summed E-state index contributed by atoms with van der Waals surface area (Å²) in [7, 11) is 3.84. The molecule has 0 heterocycles. The van der Waals surface area contributed by atoms with E-state index in [0.29, 0.717) is 31.7 Å². The average molecular weight is 681 g/mol. The molecule has 0 aliphatic rings. The van der Waals surface area contributed by atoms with Gasteiger partial charge in [0.25, 0.3) is 0 Å². The van der Waals surface area contributed by atoms with E-state index in [0.717, 1.165) is 0 Å². The van der Waals surface area contributed by atoms with Crippen molar-refractivity contribution in [2.75, 3.05) is 20.6 Å². The molecule has 0 saturated heterocycles. The molecule has 0 aliphatic heterocycles. The van der Waals surface area contributed by atoms with E-state index in [1.807, 2.05) is 88.2 Å². The van der Waals surface area contributed by atoms with Crippen LogP contribution in [0.15, 0.2) is 12.2 Å². The Bertz CT molecular complexity index is 1130. The lowest BCUT2D eigenvalue weighted by molar-refractivity contribution is -0.166. The fourth-order valence-corrected chi connectivity index (χ4v) is 6.38. The molecular weight excluding hydrogens is 612 g/mol. The summed E-state index contributed by atoms with van der Waals surface area (Å²) in [4.78, 5) is 66.4. The van der Waals surface area contributed by atoms with Gasteiger partial charge in [-0.15, -0.1) is 0 Å². The number of nitrogens with two attached hydrogens (primary N) is 1. The predicted octanol–water partition coefficient (Wildman–Crippen LogP) is 6.82. The topological polar surface area (TPSA) is 142 Å². The van der Waals surface area contributed by atoms with Crippen LogP contribution in [0.5, 0.6) is 0 Å². The number of carbonyl (C=O) groups excluding carboxylic acids is 5. The second-order valence-electron chi connectivity index (χ2n) is 17.4. The van der Waals surface area contributed by atoms with Crippen LogP contribution >= 0.6 is 0 Å². The van der Waals surface area contributed by atoms with Crippen LogP contribution in [0.4, 0.5) is 0 Å². The molecule has 0 saturated carbocycles. The standard InChI is InChI=1S/C38H68N2O8/c1-26(2)23-34(5,6)28(41)21-32(44)47-37(11,12)25-36(9,10)30(46-31(43)17-16-20-40(14)15)18-19-38(13,39)48-33(45)22-29(42)35(7,8)24-27(3)4/h18-19,26-27,30H,16-17,20-25,39H2,1-15H3/b19-18+. The van der Waals surface area contributed by atoms with Crippen LogP contribution in [0, 0.1) is 28.1 Å². The van der Waals surface area contributed by atoms with Crippen LogP contribution in [0.3, 0.4) is 0 Å². The first-order valence-corrected chi connectivity index (χ1v) is 17.3. The molecule has 278 valence electrons. The summed E-state index contributed by atoms with van der Waals surface area (Å²) in [5.74, 6) is -1.59. The summed E-state index contributed by atoms with van der Waals surface area (Å²) in [6.07, 6.45) is 3.78. The van der Waals surface area contributed by atoms with Crippen molar-refractivity contribution in [1.29, 1.82) is 0 Å². The van der Waals surface area contributed by atoms with Crippen molar-refractivity contribution in [2.24, 2.45) is 33.8 Å². The van der Waals surface area contributed by atoms with Crippen LogP contribution in [-0.2, 0) is 38.2 Å². The third-order valence-corrected chi connectivity index (χ3v) is 8.18. The summed E-state index contributed by atoms with van der Waals surface area (Å²) in [5, 5.41) is 0. The van der Waals surface area contributed by atoms with E-state index >= 15 is 0 Å². The first-order valence-electron chi connectivity index (χ1n) is 17.3. The van der Waals surface area contributed by atoms with Crippen molar-refractivity contribution in [3.05, 3.63) is 12.2 Å². The minimum atomic E-state index is -1.60. The third kappa shape index (κ3) is 18.2. The molecular formula is C38H68N2O8. The van der Waals surface area contributed by atoms with Gasteiger partial charge in [-0.3, -0.25) is 29.7 Å². The number of ketones is 2. The van der Waals surface area contributed by atoms with E-state index in [9.17, 15) is 24.0 Å². The van der Waals surface area contributed by atoms with Gasteiger partial charge in [-0.1, -0.05) is 69.2 Å². The number of rotatable bonds is 22. The third-order valence-electron chi connectivity index (χ3n) is 8.18. The summed E-state index contributed by atoms with van der Waals surface area (Å²) >= 11 is 0. The zero-order valence-corrected chi connectivity index (χ0v) is 32.8.